The van der Waals surface area contributed by atoms with E-state index < -0.39 is 12.2 Å². The maximum absolute atomic E-state index is 12.9. The lowest BCUT2D eigenvalue weighted by Gasteiger charge is -2.29. The van der Waals surface area contributed by atoms with Crippen molar-refractivity contribution in [1.82, 2.24) is 0 Å². The van der Waals surface area contributed by atoms with Crippen LogP contribution in [0, 0.1) is 5.82 Å². The Balaban J connectivity index is 2.01. The van der Waals surface area contributed by atoms with Gasteiger partial charge < -0.3 is 9.84 Å². The number of hydrogen-bond donors (Lipinski definition) is 1. The molecule has 1 aliphatic rings. The molecule has 0 saturated carbocycles. The molecule has 0 fully saturated rings. The van der Waals surface area contributed by atoms with Gasteiger partial charge in [-0.1, -0.05) is 24.3 Å². The number of fused-ring (bicyclic) bond motifs is 1. The molecule has 4 heteroatoms. The summed E-state index contributed by atoms with van der Waals surface area (Å²) < 4.78 is 18.5. The van der Waals surface area contributed by atoms with Gasteiger partial charge in [-0.3, -0.25) is 4.79 Å². The fourth-order valence-electron chi connectivity index (χ4n) is 2.17. The third-order valence-corrected chi connectivity index (χ3v) is 3.16. The second kappa shape index (κ2) is 4.48. The molecule has 0 saturated heterocycles. The Morgan fingerprint density at radius 1 is 1.05 bits per heavy atom. The highest BCUT2D eigenvalue weighted by molar-refractivity contribution is 6.03. The van der Waals surface area contributed by atoms with Crippen molar-refractivity contribution < 1.29 is 19.0 Å². The average molecular weight is 258 g/mol. The first-order valence-corrected chi connectivity index (χ1v) is 5.90. The first-order chi connectivity index (χ1) is 9.16. The molecule has 1 aliphatic heterocycles. The number of benzene rings is 2. The quantitative estimate of drug-likeness (QED) is 0.854. The molecule has 0 amide bonds. The maximum Gasteiger partial charge on any atom is 0.199 e. The Morgan fingerprint density at radius 2 is 1.74 bits per heavy atom. The number of ether oxygens (including phenoxy) is 1. The maximum atomic E-state index is 12.9. The number of para-hydroxylation sites is 1. The van der Waals surface area contributed by atoms with Gasteiger partial charge in [0.15, 0.2) is 18.0 Å². The van der Waals surface area contributed by atoms with Gasteiger partial charge in [0.05, 0.1) is 5.56 Å². The number of carbonyl (C=O) groups is 1. The van der Waals surface area contributed by atoms with Gasteiger partial charge in [0.25, 0.3) is 0 Å². The average Bonchev–Trinajstić information content (AvgIpc) is 2.44. The van der Waals surface area contributed by atoms with Gasteiger partial charge in [0.1, 0.15) is 11.6 Å². The smallest absolute Gasteiger partial charge is 0.199 e. The molecular formula is C15H11FO3. The number of ketones is 1. The number of aliphatic hydroxyl groups excluding tert-OH is 1. The minimum Gasteiger partial charge on any atom is -0.482 e. The molecule has 0 aliphatic carbocycles. The Hall–Kier alpha value is -2.20. The number of rotatable bonds is 1. The molecule has 3 rings (SSSR count). The highest BCUT2D eigenvalue weighted by atomic mass is 19.1. The standard InChI is InChI=1S/C15H11FO3/c16-10-7-5-9(6-8-10)15-14(18)13(17)11-3-1-2-4-12(11)19-15/h1-8,14-15,18H/t14-,15+/m1/s1. The van der Waals surface area contributed by atoms with Crippen molar-refractivity contribution in [1.29, 1.82) is 0 Å². The first-order valence-electron chi connectivity index (χ1n) is 5.90. The molecule has 2 aromatic carbocycles. The predicted octanol–water partition coefficient (Wildman–Crippen LogP) is 2.50. The zero-order chi connectivity index (χ0) is 13.4. The SMILES string of the molecule is O=C1c2ccccc2O[C@@H](c2ccc(F)cc2)[C@@H]1O. The fraction of sp³-hybridized carbons (Fsp3) is 0.133. The van der Waals surface area contributed by atoms with E-state index in [0.717, 1.165) is 0 Å². The van der Waals surface area contributed by atoms with Gasteiger partial charge >= 0.3 is 0 Å². The van der Waals surface area contributed by atoms with E-state index in [1.807, 2.05) is 0 Å². The van der Waals surface area contributed by atoms with Crippen molar-refractivity contribution in [2.24, 2.45) is 0 Å². The van der Waals surface area contributed by atoms with Crippen LogP contribution in [0.15, 0.2) is 48.5 Å². The van der Waals surface area contributed by atoms with Crippen LogP contribution in [0.2, 0.25) is 0 Å². The van der Waals surface area contributed by atoms with Crippen LogP contribution in [0.4, 0.5) is 4.39 Å². The highest BCUT2D eigenvalue weighted by Crippen LogP contribution is 2.34. The van der Waals surface area contributed by atoms with E-state index in [1.165, 1.54) is 24.3 Å². The summed E-state index contributed by atoms with van der Waals surface area (Å²) in [7, 11) is 0. The van der Waals surface area contributed by atoms with Crippen LogP contribution in [0.3, 0.4) is 0 Å². The lowest BCUT2D eigenvalue weighted by Crippen LogP contribution is -2.36. The molecular weight excluding hydrogens is 247 g/mol. The summed E-state index contributed by atoms with van der Waals surface area (Å²) in [5, 5.41) is 10.0. The van der Waals surface area contributed by atoms with Crippen LogP contribution in [-0.4, -0.2) is 17.0 Å². The van der Waals surface area contributed by atoms with E-state index >= 15 is 0 Å². The van der Waals surface area contributed by atoms with Crippen molar-refractivity contribution in [2.75, 3.05) is 0 Å². The second-order valence-electron chi connectivity index (χ2n) is 4.40. The van der Waals surface area contributed by atoms with E-state index in [-0.39, 0.29) is 11.6 Å². The van der Waals surface area contributed by atoms with Gasteiger partial charge in [-0.25, -0.2) is 4.39 Å². The van der Waals surface area contributed by atoms with Gasteiger partial charge in [-0.2, -0.15) is 0 Å². The second-order valence-corrected chi connectivity index (χ2v) is 4.40. The zero-order valence-electron chi connectivity index (χ0n) is 9.92. The third kappa shape index (κ3) is 2.00. The molecule has 2 atom stereocenters. The molecule has 3 nitrogen and oxygen atoms in total. The Kier molecular flexibility index (Phi) is 2.80. The number of Topliss-reactive ketones (excluding diaryl/α,β-unsaturated/α-hetero) is 1. The molecule has 0 radical (unpaired) electrons. The normalized spacial score (nSPS) is 21.7. The summed E-state index contributed by atoms with van der Waals surface area (Å²) in [4.78, 5) is 12.1. The van der Waals surface area contributed by atoms with E-state index in [1.54, 1.807) is 24.3 Å². The monoisotopic (exact) mass is 258 g/mol. The van der Waals surface area contributed by atoms with Crippen molar-refractivity contribution in [3.05, 3.63) is 65.5 Å². The van der Waals surface area contributed by atoms with Crippen LogP contribution in [-0.2, 0) is 0 Å². The summed E-state index contributed by atoms with van der Waals surface area (Å²) in [6, 6.07) is 12.3. The van der Waals surface area contributed by atoms with E-state index in [2.05, 4.69) is 0 Å². The minimum absolute atomic E-state index is 0.369. The van der Waals surface area contributed by atoms with Crippen molar-refractivity contribution >= 4 is 5.78 Å². The topological polar surface area (TPSA) is 46.5 Å². The molecule has 0 bridgehead atoms. The minimum atomic E-state index is -1.28. The number of carbonyl (C=O) groups excluding carboxylic acids is 1. The van der Waals surface area contributed by atoms with Crippen molar-refractivity contribution in [2.45, 2.75) is 12.2 Å². The fourth-order valence-corrected chi connectivity index (χ4v) is 2.17. The summed E-state index contributed by atoms with van der Waals surface area (Å²) in [5.74, 6) is -0.316. The summed E-state index contributed by atoms with van der Waals surface area (Å²) in [6.07, 6.45) is -2.08. The van der Waals surface area contributed by atoms with E-state index in [4.69, 9.17) is 4.74 Å². The molecule has 19 heavy (non-hydrogen) atoms. The highest BCUT2D eigenvalue weighted by Gasteiger charge is 2.36. The lowest BCUT2D eigenvalue weighted by atomic mass is 9.94. The molecule has 0 unspecified atom stereocenters. The molecule has 96 valence electrons. The van der Waals surface area contributed by atoms with Gasteiger partial charge in [-0.15, -0.1) is 0 Å². The summed E-state index contributed by atoms with van der Waals surface area (Å²) in [5.41, 5.74) is 0.935. The van der Waals surface area contributed by atoms with Crippen LogP contribution in [0.1, 0.15) is 22.0 Å². The van der Waals surface area contributed by atoms with Crippen LogP contribution in [0.25, 0.3) is 0 Å². The Morgan fingerprint density at radius 3 is 2.47 bits per heavy atom. The number of aliphatic hydroxyl groups is 1. The number of hydrogen-bond acceptors (Lipinski definition) is 3. The molecule has 0 aromatic heterocycles. The molecule has 0 spiro atoms. The first kappa shape index (κ1) is 11.9. The predicted molar refractivity (Wildman–Crippen MR) is 66.5 cm³/mol. The molecule has 1 N–H and O–H groups in total. The number of halogens is 1. The molecule has 2 aromatic rings. The molecule has 1 heterocycles. The lowest BCUT2D eigenvalue weighted by molar-refractivity contribution is 0.0216. The largest absolute Gasteiger partial charge is 0.482 e. The van der Waals surface area contributed by atoms with Crippen molar-refractivity contribution in [3.63, 3.8) is 0 Å². The van der Waals surface area contributed by atoms with Crippen LogP contribution in [0.5, 0.6) is 5.75 Å². The Labute approximate surface area is 109 Å². The zero-order valence-corrected chi connectivity index (χ0v) is 9.92. The summed E-state index contributed by atoms with van der Waals surface area (Å²) in [6.45, 7) is 0. The van der Waals surface area contributed by atoms with Crippen LogP contribution < -0.4 is 4.74 Å². The van der Waals surface area contributed by atoms with Gasteiger partial charge in [-0.05, 0) is 29.8 Å². The van der Waals surface area contributed by atoms with Crippen LogP contribution >= 0.6 is 0 Å². The third-order valence-electron chi connectivity index (χ3n) is 3.16. The van der Waals surface area contributed by atoms with Crippen molar-refractivity contribution in [3.8, 4) is 5.75 Å². The van der Waals surface area contributed by atoms with E-state index in [0.29, 0.717) is 16.9 Å². The van der Waals surface area contributed by atoms with Gasteiger partial charge in [0.2, 0.25) is 0 Å². The van der Waals surface area contributed by atoms with Gasteiger partial charge in [0, 0.05) is 0 Å². The summed E-state index contributed by atoms with van der Waals surface area (Å²) >= 11 is 0. The Bertz CT molecular complexity index is 622. The van der Waals surface area contributed by atoms with E-state index in [9.17, 15) is 14.3 Å².